The van der Waals surface area contributed by atoms with Gasteiger partial charge in [0, 0.05) is 25.0 Å². The Bertz CT molecular complexity index is 672. The highest BCUT2D eigenvalue weighted by Gasteiger charge is 2.29. The number of nitrogens with zero attached hydrogens (tertiary/aromatic N) is 3. The molecule has 1 saturated heterocycles. The average Bonchev–Trinajstić information content (AvgIpc) is 2.94. The molecule has 0 bridgehead atoms. The van der Waals surface area contributed by atoms with Crippen LogP contribution in [0.25, 0.3) is 10.2 Å². The van der Waals surface area contributed by atoms with Crippen LogP contribution in [0.1, 0.15) is 20.3 Å². The zero-order valence-corrected chi connectivity index (χ0v) is 13.5. The number of nitrogens with one attached hydrogen (secondary N) is 1. The Kier molecular flexibility index (Phi) is 4.26. The van der Waals surface area contributed by atoms with Gasteiger partial charge in [0.25, 0.3) is 0 Å². The molecule has 1 aliphatic heterocycles. The van der Waals surface area contributed by atoms with Crippen molar-refractivity contribution < 1.29 is 9.90 Å². The van der Waals surface area contributed by atoms with Crippen LogP contribution in [0.5, 0.6) is 0 Å². The second kappa shape index (κ2) is 6.18. The van der Waals surface area contributed by atoms with Crippen LogP contribution >= 0.6 is 11.3 Å². The molecular formula is C15H20N4O2S. The Morgan fingerprint density at radius 2 is 2.27 bits per heavy atom. The molecule has 0 radical (unpaired) electrons. The molecule has 2 aromatic rings. The van der Waals surface area contributed by atoms with Crippen LogP contribution < -0.4 is 10.2 Å². The van der Waals surface area contributed by atoms with E-state index in [1.807, 2.05) is 30.2 Å². The van der Waals surface area contributed by atoms with E-state index in [1.165, 1.54) is 0 Å². The maximum atomic E-state index is 11.9. The molecule has 7 heteroatoms. The lowest BCUT2D eigenvalue weighted by Crippen LogP contribution is -2.53. The SMILES string of the molecule is CC(C)C(=O)N[C@H]1C[C@@H](O)CN(c2ncnc3sccc23)C1. The third-order valence-electron chi connectivity index (χ3n) is 3.84. The summed E-state index contributed by atoms with van der Waals surface area (Å²) < 4.78 is 0. The third-order valence-corrected chi connectivity index (χ3v) is 4.66. The first kappa shape index (κ1) is 15.2. The van der Waals surface area contributed by atoms with Crippen molar-refractivity contribution in [1.29, 1.82) is 0 Å². The summed E-state index contributed by atoms with van der Waals surface area (Å²) in [5.41, 5.74) is 0. The average molecular weight is 320 g/mol. The van der Waals surface area contributed by atoms with Gasteiger partial charge in [-0.2, -0.15) is 0 Å². The fraction of sp³-hybridized carbons (Fsp3) is 0.533. The lowest BCUT2D eigenvalue weighted by Gasteiger charge is -2.37. The van der Waals surface area contributed by atoms with Crippen molar-refractivity contribution in [2.45, 2.75) is 32.4 Å². The summed E-state index contributed by atoms with van der Waals surface area (Å²) in [5, 5.41) is 16.1. The molecule has 22 heavy (non-hydrogen) atoms. The number of anilines is 1. The molecule has 2 N–H and O–H groups in total. The molecule has 2 aromatic heterocycles. The monoisotopic (exact) mass is 320 g/mol. The second-order valence-electron chi connectivity index (χ2n) is 5.99. The topological polar surface area (TPSA) is 78.4 Å². The Balaban J connectivity index is 1.81. The number of fused-ring (bicyclic) bond motifs is 1. The molecule has 0 aliphatic carbocycles. The molecule has 3 rings (SSSR count). The minimum atomic E-state index is -0.477. The van der Waals surface area contributed by atoms with Gasteiger partial charge in [-0.05, 0) is 17.9 Å². The Morgan fingerprint density at radius 3 is 3.05 bits per heavy atom. The summed E-state index contributed by atoms with van der Waals surface area (Å²) in [6.07, 6.45) is 1.65. The Morgan fingerprint density at radius 1 is 1.45 bits per heavy atom. The number of thiophene rings is 1. The largest absolute Gasteiger partial charge is 0.391 e. The molecule has 0 spiro atoms. The van der Waals surface area contributed by atoms with E-state index >= 15 is 0 Å². The van der Waals surface area contributed by atoms with Crippen molar-refractivity contribution in [3.63, 3.8) is 0 Å². The van der Waals surface area contributed by atoms with Gasteiger partial charge in [0.05, 0.1) is 11.5 Å². The standard InChI is InChI=1S/C15H20N4O2S/c1-9(2)14(21)18-10-5-11(20)7-19(6-10)13-12-3-4-22-15(12)17-8-16-13/h3-4,8-11,20H,5-7H2,1-2H3,(H,18,21)/t10-,11+/m0/s1. The van der Waals surface area contributed by atoms with Gasteiger partial charge in [-0.1, -0.05) is 13.8 Å². The van der Waals surface area contributed by atoms with Crippen LogP contribution in [0.4, 0.5) is 5.82 Å². The molecule has 0 aromatic carbocycles. The number of piperidine rings is 1. The van der Waals surface area contributed by atoms with Gasteiger partial charge in [0.15, 0.2) is 0 Å². The highest BCUT2D eigenvalue weighted by molar-refractivity contribution is 7.16. The van der Waals surface area contributed by atoms with E-state index in [-0.39, 0.29) is 17.9 Å². The van der Waals surface area contributed by atoms with Gasteiger partial charge < -0.3 is 15.3 Å². The summed E-state index contributed by atoms with van der Waals surface area (Å²) in [4.78, 5) is 23.5. The van der Waals surface area contributed by atoms with Crippen molar-refractivity contribution in [3.05, 3.63) is 17.8 Å². The van der Waals surface area contributed by atoms with Gasteiger partial charge in [-0.15, -0.1) is 11.3 Å². The van der Waals surface area contributed by atoms with Crippen LogP contribution in [0.2, 0.25) is 0 Å². The first-order valence-electron chi connectivity index (χ1n) is 7.46. The van der Waals surface area contributed by atoms with Crippen LogP contribution in [0, 0.1) is 5.92 Å². The number of hydrogen-bond donors (Lipinski definition) is 2. The summed E-state index contributed by atoms with van der Waals surface area (Å²) >= 11 is 1.57. The summed E-state index contributed by atoms with van der Waals surface area (Å²) in [6.45, 7) is 4.91. The number of aliphatic hydroxyl groups is 1. The van der Waals surface area contributed by atoms with Gasteiger partial charge in [-0.25, -0.2) is 9.97 Å². The fourth-order valence-electron chi connectivity index (χ4n) is 2.75. The molecule has 2 atom stereocenters. The maximum Gasteiger partial charge on any atom is 0.222 e. The predicted molar refractivity (Wildman–Crippen MR) is 87.0 cm³/mol. The van der Waals surface area contributed by atoms with Crippen molar-refractivity contribution in [3.8, 4) is 0 Å². The molecular weight excluding hydrogens is 300 g/mol. The quantitative estimate of drug-likeness (QED) is 0.894. The summed E-state index contributed by atoms with van der Waals surface area (Å²) in [7, 11) is 0. The molecule has 0 saturated carbocycles. The van der Waals surface area contributed by atoms with E-state index in [0.717, 1.165) is 16.0 Å². The van der Waals surface area contributed by atoms with Gasteiger partial charge >= 0.3 is 0 Å². The maximum absolute atomic E-state index is 11.9. The van der Waals surface area contributed by atoms with E-state index in [4.69, 9.17) is 0 Å². The highest BCUT2D eigenvalue weighted by Crippen LogP contribution is 2.28. The number of amides is 1. The van der Waals surface area contributed by atoms with Crippen molar-refractivity contribution in [1.82, 2.24) is 15.3 Å². The zero-order chi connectivity index (χ0) is 15.7. The van der Waals surface area contributed by atoms with Crippen molar-refractivity contribution >= 4 is 33.3 Å². The molecule has 1 fully saturated rings. The number of rotatable bonds is 3. The van der Waals surface area contributed by atoms with Gasteiger partial charge in [-0.3, -0.25) is 4.79 Å². The van der Waals surface area contributed by atoms with Crippen molar-refractivity contribution in [2.24, 2.45) is 5.92 Å². The van der Waals surface area contributed by atoms with Crippen LogP contribution in [0.3, 0.4) is 0 Å². The van der Waals surface area contributed by atoms with Crippen LogP contribution in [0.15, 0.2) is 17.8 Å². The van der Waals surface area contributed by atoms with Gasteiger partial charge in [0.2, 0.25) is 5.91 Å². The van der Waals surface area contributed by atoms with E-state index < -0.39 is 6.10 Å². The Hall–Kier alpha value is -1.73. The molecule has 1 amide bonds. The lowest BCUT2D eigenvalue weighted by atomic mass is 10.0. The van der Waals surface area contributed by atoms with E-state index in [1.54, 1.807) is 17.7 Å². The van der Waals surface area contributed by atoms with Crippen LogP contribution in [-0.4, -0.2) is 46.2 Å². The van der Waals surface area contributed by atoms with Crippen molar-refractivity contribution in [2.75, 3.05) is 18.0 Å². The molecule has 1 aliphatic rings. The molecule has 6 nitrogen and oxygen atoms in total. The van der Waals surface area contributed by atoms with E-state index in [0.29, 0.717) is 19.5 Å². The highest BCUT2D eigenvalue weighted by atomic mass is 32.1. The van der Waals surface area contributed by atoms with Gasteiger partial charge in [0.1, 0.15) is 17.0 Å². The first-order chi connectivity index (χ1) is 10.5. The number of β-amino-alcohol motifs (C(OH)–C–C–N with tert-alkyl or cyclic N) is 1. The molecule has 0 unspecified atom stereocenters. The minimum Gasteiger partial charge on any atom is -0.391 e. The Labute approximate surface area is 133 Å². The smallest absolute Gasteiger partial charge is 0.222 e. The summed E-state index contributed by atoms with van der Waals surface area (Å²) in [5.74, 6) is 0.784. The van der Waals surface area contributed by atoms with E-state index in [9.17, 15) is 9.90 Å². The number of hydrogen-bond acceptors (Lipinski definition) is 6. The minimum absolute atomic E-state index is 0.0161. The molecule has 118 valence electrons. The number of carbonyl (C=O) groups is 1. The normalized spacial score (nSPS) is 22.3. The van der Waals surface area contributed by atoms with E-state index in [2.05, 4.69) is 15.3 Å². The number of aromatic nitrogens is 2. The van der Waals surface area contributed by atoms with Crippen LogP contribution in [-0.2, 0) is 4.79 Å². The first-order valence-corrected chi connectivity index (χ1v) is 8.34. The number of aliphatic hydroxyl groups excluding tert-OH is 1. The fourth-order valence-corrected chi connectivity index (χ4v) is 3.47. The molecule has 3 heterocycles. The summed E-state index contributed by atoms with van der Waals surface area (Å²) in [6, 6.07) is 1.93. The lowest BCUT2D eigenvalue weighted by molar-refractivity contribution is -0.124. The number of carbonyl (C=O) groups excluding carboxylic acids is 1. The predicted octanol–water partition coefficient (Wildman–Crippen LogP) is 1.40. The zero-order valence-electron chi connectivity index (χ0n) is 12.7. The third kappa shape index (κ3) is 3.05. The second-order valence-corrected chi connectivity index (χ2v) is 6.89.